The highest BCUT2D eigenvalue weighted by molar-refractivity contribution is 6.32. The number of carboxylic acids is 1. The van der Waals surface area contributed by atoms with Crippen LogP contribution in [-0.2, 0) is 0 Å². The second-order valence-corrected chi connectivity index (χ2v) is 4.95. The van der Waals surface area contributed by atoms with E-state index in [0.29, 0.717) is 5.88 Å². The first-order valence-corrected chi connectivity index (χ1v) is 6.60. The highest BCUT2D eigenvalue weighted by Gasteiger charge is 2.17. The molecule has 0 aromatic carbocycles. The fraction of sp³-hybridized carbons (Fsp3) is 0.538. The summed E-state index contributed by atoms with van der Waals surface area (Å²) in [7, 11) is 0. The predicted octanol–water partition coefficient (Wildman–Crippen LogP) is 3.53. The maximum absolute atomic E-state index is 10.8. The van der Waals surface area contributed by atoms with E-state index in [2.05, 4.69) is 4.98 Å². The van der Waals surface area contributed by atoms with E-state index in [1.165, 1.54) is 25.1 Å². The molecule has 4 nitrogen and oxygen atoms in total. The number of aromatic nitrogens is 1. The fourth-order valence-corrected chi connectivity index (χ4v) is 2.36. The third-order valence-electron chi connectivity index (χ3n) is 3.13. The molecule has 0 amide bonds. The zero-order chi connectivity index (χ0) is 13.0. The largest absolute Gasteiger partial charge is 0.478 e. The summed E-state index contributed by atoms with van der Waals surface area (Å²) in [5, 5.41) is 9.08. The van der Waals surface area contributed by atoms with Crippen molar-refractivity contribution in [1.82, 2.24) is 4.98 Å². The van der Waals surface area contributed by atoms with E-state index < -0.39 is 5.97 Å². The van der Waals surface area contributed by atoms with E-state index >= 15 is 0 Å². The lowest BCUT2D eigenvalue weighted by Gasteiger charge is -2.16. The van der Waals surface area contributed by atoms with Crippen molar-refractivity contribution in [3.8, 4) is 5.88 Å². The highest BCUT2D eigenvalue weighted by atomic mass is 35.5. The lowest BCUT2D eigenvalue weighted by atomic mass is 10.1. The number of pyridine rings is 1. The van der Waals surface area contributed by atoms with Gasteiger partial charge in [-0.3, -0.25) is 0 Å². The van der Waals surface area contributed by atoms with Crippen LogP contribution in [0, 0.1) is 0 Å². The van der Waals surface area contributed by atoms with E-state index in [1.807, 2.05) is 0 Å². The molecule has 0 bridgehead atoms. The van der Waals surface area contributed by atoms with Gasteiger partial charge in [-0.1, -0.05) is 24.4 Å². The van der Waals surface area contributed by atoms with Crippen LogP contribution in [0.4, 0.5) is 0 Å². The Labute approximate surface area is 111 Å². The first kappa shape index (κ1) is 13.1. The number of hydrogen-bond acceptors (Lipinski definition) is 3. The Morgan fingerprint density at radius 1 is 1.33 bits per heavy atom. The molecule has 98 valence electrons. The SMILES string of the molecule is O=C(O)c1cnc(OC2CCCCCC2)c(Cl)c1. The Kier molecular flexibility index (Phi) is 4.42. The van der Waals surface area contributed by atoms with E-state index in [9.17, 15) is 4.79 Å². The van der Waals surface area contributed by atoms with Crippen LogP contribution in [0.1, 0.15) is 48.9 Å². The van der Waals surface area contributed by atoms with Crippen molar-refractivity contribution in [2.45, 2.75) is 44.6 Å². The van der Waals surface area contributed by atoms with E-state index in [0.717, 1.165) is 25.7 Å². The monoisotopic (exact) mass is 269 g/mol. The maximum Gasteiger partial charge on any atom is 0.337 e. The highest BCUT2D eigenvalue weighted by Crippen LogP contribution is 2.27. The van der Waals surface area contributed by atoms with Crippen molar-refractivity contribution in [3.63, 3.8) is 0 Å². The van der Waals surface area contributed by atoms with E-state index in [1.54, 1.807) is 0 Å². The number of carboxylic acid groups (broad SMARTS) is 1. The van der Waals surface area contributed by atoms with Crippen LogP contribution in [0.3, 0.4) is 0 Å². The normalized spacial score (nSPS) is 17.2. The Bertz CT molecular complexity index is 428. The lowest BCUT2D eigenvalue weighted by Crippen LogP contribution is -2.16. The zero-order valence-corrected chi connectivity index (χ0v) is 10.8. The number of hydrogen-bond donors (Lipinski definition) is 1. The molecule has 1 aromatic rings. The van der Waals surface area contributed by atoms with Gasteiger partial charge in [-0.05, 0) is 31.7 Å². The number of ether oxygens (including phenoxy) is 1. The standard InChI is InChI=1S/C13H16ClNO3/c14-11-7-9(13(16)17)8-15-12(11)18-10-5-3-1-2-4-6-10/h7-8,10H,1-6H2,(H,16,17). The summed E-state index contributed by atoms with van der Waals surface area (Å²) in [5.74, 6) is -0.695. The maximum atomic E-state index is 10.8. The fourth-order valence-electron chi connectivity index (χ4n) is 2.15. The molecule has 0 aliphatic heterocycles. The molecular weight excluding hydrogens is 254 g/mol. The summed E-state index contributed by atoms with van der Waals surface area (Å²) in [4.78, 5) is 14.7. The number of aromatic carboxylic acids is 1. The van der Waals surface area contributed by atoms with Gasteiger partial charge in [0.1, 0.15) is 11.1 Å². The predicted molar refractivity (Wildman–Crippen MR) is 68.3 cm³/mol. The van der Waals surface area contributed by atoms with Gasteiger partial charge in [0.2, 0.25) is 5.88 Å². The molecule has 0 radical (unpaired) electrons. The molecule has 2 rings (SSSR count). The number of rotatable bonds is 3. The summed E-state index contributed by atoms with van der Waals surface area (Å²) in [6.07, 6.45) is 8.27. The molecule has 1 N–H and O–H groups in total. The molecule has 1 aliphatic carbocycles. The third kappa shape index (κ3) is 3.35. The van der Waals surface area contributed by atoms with Crippen LogP contribution in [0.2, 0.25) is 5.02 Å². The second-order valence-electron chi connectivity index (χ2n) is 4.55. The summed E-state index contributed by atoms with van der Waals surface area (Å²) < 4.78 is 5.76. The minimum absolute atomic E-state index is 0.0771. The van der Waals surface area contributed by atoms with Gasteiger partial charge in [0.05, 0.1) is 5.56 Å². The average molecular weight is 270 g/mol. The quantitative estimate of drug-likeness (QED) is 0.853. The van der Waals surface area contributed by atoms with Gasteiger partial charge in [-0.25, -0.2) is 9.78 Å². The Morgan fingerprint density at radius 3 is 2.56 bits per heavy atom. The average Bonchev–Trinajstić information content (AvgIpc) is 2.60. The number of carbonyl (C=O) groups is 1. The summed E-state index contributed by atoms with van der Waals surface area (Å²) in [6, 6.07) is 1.38. The molecule has 5 heteroatoms. The van der Waals surface area contributed by atoms with Crippen molar-refractivity contribution >= 4 is 17.6 Å². The first-order valence-electron chi connectivity index (χ1n) is 6.22. The van der Waals surface area contributed by atoms with Gasteiger partial charge in [0.25, 0.3) is 0 Å². The molecule has 1 fully saturated rings. The van der Waals surface area contributed by atoms with Crippen LogP contribution < -0.4 is 4.74 Å². The summed E-state index contributed by atoms with van der Waals surface area (Å²) in [6.45, 7) is 0. The smallest absolute Gasteiger partial charge is 0.337 e. The molecule has 0 saturated heterocycles. The van der Waals surface area contributed by atoms with Crippen molar-refractivity contribution in [2.75, 3.05) is 0 Å². The lowest BCUT2D eigenvalue weighted by molar-refractivity contribution is 0.0696. The molecule has 1 aromatic heterocycles. The van der Waals surface area contributed by atoms with Crippen LogP contribution >= 0.6 is 11.6 Å². The van der Waals surface area contributed by atoms with Gasteiger partial charge in [0, 0.05) is 6.20 Å². The molecule has 18 heavy (non-hydrogen) atoms. The third-order valence-corrected chi connectivity index (χ3v) is 3.41. The van der Waals surface area contributed by atoms with Crippen molar-refractivity contribution in [1.29, 1.82) is 0 Å². The second kappa shape index (κ2) is 6.05. The van der Waals surface area contributed by atoms with Crippen molar-refractivity contribution in [2.24, 2.45) is 0 Å². The summed E-state index contributed by atoms with van der Waals surface area (Å²) >= 11 is 5.98. The Hall–Kier alpha value is -1.29. The van der Waals surface area contributed by atoms with Gasteiger partial charge >= 0.3 is 5.97 Å². The van der Waals surface area contributed by atoms with Crippen molar-refractivity contribution in [3.05, 3.63) is 22.8 Å². The minimum atomic E-state index is -1.04. The first-order chi connectivity index (χ1) is 8.66. The minimum Gasteiger partial charge on any atom is -0.478 e. The van der Waals surface area contributed by atoms with E-state index in [4.69, 9.17) is 21.4 Å². The van der Waals surface area contributed by atoms with Gasteiger partial charge in [-0.2, -0.15) is 0 Å². The van der Waals surface area contributed by atoms with Gasteiger partial charge < -0.3 is 9.84 Å². The molecule has 0 atom stereocenters. The van der Waals surface area contributed by atoms with Crippen LogP contribution in [0.5, 0.6) is 5.88 Å². The van der Waals surface area contributed by atoms with Crippen LogP contribution in [0.25, 0.3) is 0 Å². The van der Waals surface area contributed by atoms with Crippen LogP contribution in [-0.4, -0.2) is 22.2 Å². The Morgan fingerprint density at radius 2 is 2.00 bits per heavy atom. The molecule has 1 aliphatic rings. The van der Waals surface area contributed by atoms with Crippen LogP contribution in [0.15, 0.2) is 12.3 Å². The molecule has 1 saturated carbocycles. The molecule has 1 heterocycles. The Balaban J connectivity index is 2.06. The molecule has 0 unspecified atom stereocenters. The van der Waals surface area contributed by atoms with Gasteiger partial charge in [0.15, 0.2) is 0 Å². The van der Waals surface area contributed by atoms with E-state index in [-0.39, 0.29) is 16.7 Å². The topological polar surface area (TPSA) is 59.4 Å². The number of halogens is 1. The number of nitrogens with zero attached hydrogens (tertiary/aromatic N) is 1. The zero-order valence-electron chi connectivity index (χ0n) is 10.1. The van der Waals surface area contributed by atoms with Crippen molar-refractivity contribution < 1.29 is 14.6 Å². The van der Waals surface area contributed by atoms with Gasteiger partial charge in [-0.15, -0.1) is 0 Å². The molecular formula is C13H16ClNO3. The molecule has 0 spiro atoms. The summed E-state index contributed by atoms with van der Waals surface area (Å²) in [5.41, 5.74) is 0.0771.